The topological polar surface area (TPSA) is 43.4 Å². The van der Waals surface area contributed by atoms with Crippen LogP contribution in [0.4, 0.5) is 0 Å². The summed E-state index contributed by atoms with van der Waals surface area (Å²) < 4.78 is 4.86. The first-order valence-corrected chi connectivity index (χ1v) is 5.31. The van der Waals surface area contributed by atoms with Gasteiger partial charge in [-0.1, -0.05) is 6.92 Å². The first-order chi connectivity index (χ1) is 6.63. The zero-order valence-electron chi connectivity index (χ0n) is 8.91. The molecule has 0 saturated heterocycles. The van der Waals surface area contributed by atoms with Crippen LogP contribution in [0.1, 0.15) is 39.5 Å². The predicted molar refractivity (Wildman–Crippen MR) is 52.8 cm³/mol. The van der Waals surface area contributed by atoms with Crippen LogP contribution in [0.2, 0.25) is 0 Å². The summed E-state index contributed by atoms with van der Waals surface area (Å²) in [6, 6.07) is 0. The molecule has 1 fully saturated rings. The van der Waals surface area contributed by atoms with E-state index in [9.17, 15) is 9.59 Å². The van der Waals surface area contributed by atoms with Crippen LogP contribution >= 0.6 is 0 Å². The zero-order chi connectivity index (χ0) is 10.6. The number of Topliss-reactive ketones (excluding diaryl/α,β-unsaturated/α-hetero) is 1. The molecule has 3 heteroatoms. The number of ketones is 1. The lowest BCUT2D eigenvalue weighted by atomic mass is 9.80. The van der Waals surface area contributed by atoms with E-state index in [1.165, 1.54) is 0 Å². The maximum atomic E-state index is 11.4. The largest absolute Gasteiger partial charge is 0.466 e. The number of carbonyl (C=O) groups is 2. The second-order valence-corrected chi connectivity index (χ2v) is 4.02. The van der Waals surface area contributed by atoms with Gasteiger partial charge in [-0.2, -0.15) is 0 Å². The Morgan fingerprint density at radius 1 is 1.50 bits per heavy atom. The second-order valence-electron chi connectivity index (χ2n) is 4.02. The van der Waals surface area contributed by atoms with Gasteiger partial charge in [0.2, 0.25) is 0 Å². The fourth-order valence-electron chi connectivity index (χ4n) is 1.86. The van der Waals surface area contributed by atoms with E-state index in [2.05, 4.69) is 0 Å². The Kier molecular flexibility index (Phi) is 4.11. The van der Waals surface area contributed by atoms with Crippen LogP contribution in [0.15, 0.2) is 0 Å². The summed E-state index contributed by atoms with van der Waals surface area (Å²) in [5, 5.41) is 0. The highest BCUT2D eigenvalue weighted by molar-refractivity contribution is 5.82. The summed E-state index contributed by atoms with van der Waals surface area (Å²) in [5.74, 6) is 0.539. The normalized spacial score (nSPS) is 27.4. The van der Waals surface area contributed by atoms with Crippen molar-refractivity contribution in [2.24, 2.45) is 11.8 Å². The molecule has 1 aliphatic rings. The van der Waals surface area contributed by atoms with Crippen molar-refractivity contribution in [3.05, 3.63) is 0 Å². The Labute approximate surface area is 84.8 Å². The maximum absolute atomic E-state index is 11.4. The van der Waals surface area contributed by atoms with E-state index in [1.807, 2.05) is 6.92 Å². The van der Waals surface area contributed by atoms with Gasteiger partial charge in [0.1, 0.15) is 5.78 Å². The highest BCUT2D eigenvalue weighted by Crippen LogP contribution is 2.28. The first-order valence-electron chi connectivity index (χ1n) is 5.31. The molecule has 0 heterocycles. The third-order valence-electron chi connectivity index (χ3n) is 2.81. The van der Waals surface area contributed by atoms with Crippen molar-refractivity contribution < 1.29 is 14.3 Å². The highest BCUT2D eigenvalue weighted by atomic mass is 16.5. The average Bonchev–Trinajstić information content (AvgIpc) is 2.12. The van der Waals surface area contributed by atoms with E-state index >= 15 is 0 Å². The lowest BCUT2D eigenvalue weighted by molar-refractivity contribution is -0.144. The van der Waals surface area contributed by atoms with Crippen LogP contribution in [0.5, 0.6) is 0 Å². The van der Waals surface area contributed by atoms with E-state index in [1.54, 1.807) is 6.92 Å². The molecular formula is C11H18O3. The van der Waals surface area contributed by atoms with Gasteiger partial charge in [0.15, 0.2) is 0 Å². The molecule has 0 aliphatic heterocycles. The predicted octanol–water partition coefficient (Wildman–Crippen LogP) is 1.94. The SMILES string of the molecule is CCOC(=O)C[C@@H]1CC[C@H](C)C(=O)C1. The summed E-state index contributed by atoms with van der Waals surface area (Å²) >= 11 is 0. The molecular weight excluding hydrogens is 180 g/mol. The van der Waals surface area contributed by atoms with Gasteiger partial charge in [-0.25, -0.2) is 0 Å². The van der Waals surface area contributed by atoms with Crippen LogP contribution in [0.3, 0.4) is 0 Å². The quantitative estimate of drug-likeness (QED) is 0.651. The summed E-state index contributed by atoms with van der Waals surface area (Å²) in [4.78, 5) is 22.6. The third-order valence-corrected chi connectivity index (χ3v) is 2.81. The Hall–Kier alpha value is -0.860. The van der Waals surface area contributed by atoms with Crippen molar-refractivity contribution in [1.82, 2.24) is 0 Å². The molecule has 0 aromatic rings. The second kappa shape index (κ2) is 5.13. The molecule has 0 spiro atoms. The van der Waals surface area contributed by atoms with Crippen LogP contribution in [0, 0.1) is 11.8 Å². The first kappa shape index (κ1) is 11.2. The third kappa shape index (κ3) is 3.13. The van der Waals surface area contributed by atoms with Gasteiger partial charge in [0.25, 0.3) is 0 Å². The van der Waals surface area contributed by atoms with E-state index in [0.29, 0.717) is 25.2 Å². The zero-order valence-corrected chi connectivity index (χ0v) is 8.91. The van der Waals surface area contributed by atoms with Crippen LogP contribution in [-0.2, 0) is 14.3 Å². The fourth-order valence-corrected chi connectivity index (χ4v) is 1.86. The minimum absolute atomic E-state index is 0.167. The van der Waals surface area contributed by atoms with Gasteiger partial charge in [0.05, 0.1) is 6.61 Å². The summed E-state index contributed by atoms with van der Waals surface area (Å²) in [6.07, 6.45) is 2.86. The molecule has 0 bridgehead atoms. The maximum Gasteiger partial charge on any atom is 0.306 e. The van der Waals surface area contributed by atoms with Crippen molar-refractivity contribution in [3.8, 4) is 0 Å². The number of rotatable bonds is 3. The number of hydrogen-bond donors (Lipinski definition) is 0. The standard InChI is InChI=1S/C11H18O3/c1-3-14-11(13)7-9-5-4-8(2)10(12)6-9/h8-9H,3-7H2,1-2H3/t8-,9+/m0/s1. The molecule has 80 valence electrons. The van der Waals surface area contributed by atoms with Crippen LogP contribution < -0.4 is 0 Å². The van der Waals surface area contributed by atoms with Crippen molar-refractivity contribution in [3.63, 3.8) is 0 Å². The van der Waals surface area contributed by atoms with E-state index in [-0.39, 0.29) is 17.8 Å². The lowest BCUT2D eigenvalue weighted by Gasteiger charge is -2.24. The summed E-state index contributed by atoms with van der Waals surface area (Å²) in [6.45, 7) is 4.19. The number of esters is 1. The van der Waals surface area contributed by atoms with Gasteiger partial charge in [-0.05, 0) is 25.7 Å². The fraction of sp³-hybridized carbons (Fsp3) is 0.818. The minimum atomic E-state index is -0.167. The van der Waals surface area contributed by atoms with Gasteiger partial charge >= 0.3 is 5.97 Å². The smallest absolute Gasteiger partial charge is 0.306 e. The van der Waals surface area contributed by atoms with Gasteiger partial charge < -0.3 is 4.74 Å². The van der Waals surface area contributed by atoms with Crippen molar-refractivity contribution in [2.75, 3.05) is 6.61 Å². The molecule has 1 rings (SSSR count). The molecule has 14 heavy (non-hydrogen) atoms. The molecule has 1 aliphatic carbocycles. The van der Waals surface area contributed by atoms with Gasteiger partial charge in [-0.15, -0.1) is 0 Å². The van der Waals surface area contributed by atoms with E-state index in [0.717, 1.165) is 12.8 Å². The Morgan fingerprint density at radius 2 is 2.21 bits per heavy atom. The Morgan fingerprint density at radius 3 is 2.79 bits per heavy atom. The monoisotopic (exact) mass is 198 g/mol. The molecule has 0 unspecified atom stereocenters. The highest BCUT2D eigenvalue weighted by Gasteiger charge is 2.27. The average molecular weight is 198 g/mol. The van der Waals surface area contributed by atoms with E-state index < -0.39 is 0 Å². The lowest BCUT2D eigenvalue weighted by Crippen LogP contribution is -2.24. The van der Waals surface area contributed by atoms with Gasteiger partial charge in [-0.3, -0.25) is 9.59 Å². The van der Waals surface area contributed by atoms with Crippen LogP contribution in [0.25, 0.3) is 0 Å². The number of hydrogen-bond acceptors (Lipinski definition) is 3. The number of ether oxygens (including phenoxy) is 1. The summed E-state index contributed by atoms with van der Waals surface area (Å²) in [5.41, 5.74) is 0. The van der Waals surface area contributed by atoms with E-state index in [4.69, 9.17) is 4.74 Å². The molecule has 3 nitrogen and oxygen atoms in total. The molecule has 0 aromatic heterocycles. The van der Waals surface area contributed by atoms with Crippen molar-refractivity contribution >= 4 is 11.8 Å². The van der Waals surface area contributed by atoms with Crippen LogP contribution in [-0.4, -0.2) is 18.4 Å². The molecule has 0 radical (unpaired) electrons. The Bertz CT molecular complexity index is 223. The minimum Gasteiger partial charge on any atom is -0.466 e. The molecule has 1 saturated carbocycles. The Balaban J connectivity index is 2.33. The molecule has 2 atom stereocenters. The van der Waals surface area contributed by atoms with Crippen molar-refractivity contribution in [2.45, 2.75) is 39.5 Å². The van der Waals surface area contributed by atoms with Crippen molar-refractivity contribution in [1.29, 1.82) is 0 Å². The molecule has 0 N–H and O–H groups in total. The van der Waals surface area contributed by atoms with Gasteiger partial charge in [0, 0.05) is 18.8 Å². The molecule has 0 aromatic carbocycles. The summed E-state index contributed by atoms with van der Waals surface area (Å²) in [7, 11) is 0. The molecule has 0 amide bonds. The number of carbonyl (C=O) groups excluding carboxylic acids is 2.